The lowest BCUT2D eigenvalue weighted by molar-refractivity contribution is 0.0987. The maximum Gasteiger partial charge on any atom is 0.261 e. The van der Waals surface area contributed by atoms with E-state index in [0.29, 0.717) is 23.7 Å². The lowest BCUT2D eigenvalue weighted by atomic mass is 10.3. The fourth-order valence-corrected chi connectivity index (χ4v) is 2.11. The summed E-state index contributed by atoms with van der Waals surface area (Å²) < 4.78 is 4.96. The van der Waals surface area contributed by atoms with E-state index in [9.17, 15) is 4.79 Å². The van der Waals surface area contributed by atoms with E-state index in [1.54, 1.807) is 23.4 Å². The van der Waals surface area contributed by atoms with Gasteiger partial charge in [-0.25, -0.2) is 9.97 Å². The molecule has 0 atom stereocenters. The van der Waals surface area contributed by atoms with E-state index in [1.165, 1.54) is 12.5 Å². The molecule has 112 valence electrons. The van der Waals surface area contributed by atoms with Gasteiger partial charge in [0.05, 0.1) is 29.9 Å². The van der Waals surface area contributed by atoms with Crippen LogP contribution in [-0.4, -0.2) is 35.5 Å². The molecule has 0 radical (unpaired) electrons. The number of anilines is 2. The van der Waals surface area contributed by atoms with Gasteiger partial charge in [-0.15, -0.1) is 0 Å². The number of carbonyl (C=O) groups excluding carboxylic acids is 1. The molecule has 1 amide bonds. The Hall–Kier alpha value is -2.37. The van der Waals surface area contributed by atoms with Gasteiger partial charge in [0.25, 0.3) is 5.91 Å². The molecule has 21 heavy (non-hydrogen) atoms. The van der Waals surface area contributed by atoms with Crippen LogP contribution in [0.1, 0.15) is 31.1 Å². The molecule has 0 bridgehead atoms. The molecule has 6 heteroatoms. The molecule has 2 heterocycles. The van der Waals surface area contributed by atoms with Crippen LogP contribution in [0.4, 0.5) is 11.6 Å². The molecule has 0 aliphatic carbocycles. The molecule has 2 rings (SSSR count). The maximum atomic E-state index is 12.4. The van der Waals surface area contributed by atoms with Crippen LogP contribution in [0.2, 0.25) is 0 Å². The topological polar surface area (TPSA) is 62.5 Å². The van der Waals surface area contributed by atoms with Crippen molar-refractivity contribution in [3.8, 4) is 0 Å². The van der Waals surface area contributed by atoms with Crippen molar-refractivity contribution in [2.24, 2.45) is 0 Å². The number of nitrogens with zero attached hydrogens (tertiary/aromatic N) is 4. The van der Waals surface area contributed by atoms with Crippen LogP contribution >= 0.6 is 0 Å². The zero-order valence-corrected chi connectivity index (χ0v) is 12.6. The predicted molar refractivity (Wildman–Crippen MR) is 81.7 cm³/mol. The van der Waals surface area contributed by atoms with Crippen molar-refractivity contribution < 1.29 is 9.21 Å². The first-order valence-electron chi connectivity index (χ1n) is 7.12. The van der Waals surface area contributed by atoms with E-state index < -0.39 is 0 Å². The zero-order valence-electron chi connectivity index (χ0n) is 12.6. The van der Waals surface area contributed by atoms with Crippen molar-refractivity contribution in [3.63, 3.8) is 0 Å². The van der Waals surface area contributed by atoms with Crippen molar-refractivity contribution in [2.45, 2.75) is 20.8 Å². The molecule has 0 saturated heterocycles. The van der Waals surface area contributed by atoms with Gasteiger partial charge < -0.3 is 14.2 Å². The summed E-state index contributed by atoms with van der Waals surface area (Å²) in [6, 6.07) is 1.65. The molecule has 0 saturated carbocycles. The number of amides is 1. The summed E-state index contributed by atoms with van der Waals surface area (Å²) in [7, 11) is 0. The Morgan fingerprint density at radius 1 is 1.14 bits per heavy atom. The molecule has 0 N–H and O–H groups in total. The number of hydrogen-bond acceptors (Lipinski definition) is 5. The van der Waals surface area contributed by atoms with E-state index in [1.807, 2.05) is 6.92 Å². The minimum Gasteiger partial charge on any atom is -0.472 e. The van der Waals surface area contributed by atoms with Gasteiger partial charge in [0, 0.05) is 19.6 Å². The van der Waals surface area contributed by atoms with Crippen molar-refractivity contribution in [2.75, 3.05) is 29.4 Å². The molecule has 2 aromatic rings. The second kappa shape index (κ2) is 6.88. The van der Waals surface area contributed by atoms with Crippen LogP contribution < -0.4 is 9.80 Å². The average Bonchev–Trinajstić information content (AvgIpc) is 3.05. The Morgan fingerprint density at radius 2 is 1.81 bits per heavy atom. The first-order valence-corrected chi connectivity index (χ1v) is 7.12. The Morgan fingerprint density at radius 3 is 2.29 bits per heavy atom. The third-order valence-electron chi connectivity index (χ3n) is 3.31. The summed E-state index contributed by atoms with van der Waals surface area (Å²) in [5, 5.41) is 0. The van der Waals surface area contributed by atoms with Gasteiger partial charge in [-0.1, -0.05) is 0 Å². The highest BCUT2D eigenvalue weighted by Gasteiger charge is 2.18. The summed E-state index contributed by atoms with van der Waals surface area (Å²) in [5.74, 6) is 0.556. The SMILES string of the molecule is CCN(CC)c1ncc(N(CC)C(=O)c2ccoc2)cn1. The number of carbonyl (C=O) groups is 1. The Bertz CT molecular complexity index is 562. The van der Waals surface area contributed by atoms with Gasteiger partial charge in [0.15, 0.2) is 0 Å². The van der Waals surface area contributed by atoms with E-state index in [-0.39, 0.29) is 5.91 Å². The van der Waals surface area contributed by atoms with E-state index in [2.05, 4.69) is 28.7 Å². The highest BCUT2D eigenvalue weighted by atomic mass is 16.3. The third-order valence-corrected chi connectivity index (χ3v) is 3.31. The molecule has 0 aromatic carbocycles. The zero-order chi connectivity index (χ0) is 15.2. The maximum absolute atomic E-state index is 12.4. The number of furan rings is 1. The fourth-order valence-electron chi connectivity index (χ4n) is 2.11. The minimum absolute atomic E-state index is 0.120. The van der Waals surface area contributed by atoms with Gasteiger partial charge in [0.2, 0.25) is 5.95 Å². The molecule has 6 nitrogen and oxygen atoms in total. The molecular weight excluding hydrogens is 268 g/mol. The second-order valence-corrected chi connectivity index (χ2v) is 4.47. The van der Waals surface area contributed by atoms with Crippen LogP contribution in [-0.2, 0) is 0 Å². The lowest BCUT2D eigenvalue weighted by Gasteiger charge is -2.22. The van der Waals surface area contributed by atoms with Crippen molar-refractivity contribution in [1.29, 1.82) is 0 Å². The van der Waals surface area contributed by atoms with Gasteiger partial charge in [0.1, 0.15) is 6.26 Å². The van der Waals surface area contributed by atoms with Crippen LogP contribution in [0.25, 0.3) is 0 Å². The molecule has 0 unspecified atom stereocenters. The molecule has 0 fully saturated rings. The summed E-state index contributed by atoms with van der Waals surface area (Å²) >= 11 is 0. The van der Waals surface area contributed by atoms with Crippen LogP contribution in [0.15, 0.2) is 35.4 Å². The van der Waals surface area contributed by atoms with Crippen molar-refractivity contribution >= 4 is 17.5 Å². The highest BCUT2D eigenvalue weighted by Crippen LogP contribution is 2.17. The summed E-state index contributed by atoms with van der Waals surface area (Å²) in [6.45, 7) is 8.26. The molecule has 0 aliphatic heterocycles. The lowest BCUT2D eigenvalue weighted by Crippen LogP contribution is -2.31. The van der Waals surface area contributed by atoms with E-state index in [4.69, 9.17) is 4.42 Å². The summed E-state index contributed by atoms with van der Waals surface area (Å²) in [5.41, 5.74) is 1.20. The van der Waals surface area contributed by atoms with Crippen molar-refractivity contribution in [1.82, 2.24) is 9.97 Å². The monoisotopic (exact) mass is 288 g/mol. The van der Waals surface area contributed by atoms with Crippen LogP contribution in [0.3, 0.4) is 0 Å². The third kappa shape index (κ3) is 3.21. The van der Waals surface area contributed by atoms with E-state index in [0.717, 1.165) is 13.1 Å². The van der Waals surface area contributed by atoms with Gasteiger partial charge in [-0.05, 0) is 26.8 Å². The predicted octanol–water partition coefficient (Wildman–Crippen LogP) is 2.58. The van der Waals surface area contributed by atoms with Crippen LogP contribution in [0, 0.1) is 0 Å². The van der Waals surface area contributed by atoms with Gasteiger partial charge in [-0.2, -0.15) is 0 Å². The second-order valence-electron chi connectivity index (χ2n) is 4.47. The smallest absolute Gasteiger partial charge is 0.261 e. The molecule has 0 spiro atoms. The van der Waals surface area contributed by atoms with E-state index >= 15 is 0 Å². The number of aromatic nitrogens is 2. The number of rotatable bonds is 6. The standard InChI is InChI=1S/C15H20N4O2/c1-4-18(5-2)15-16-9-13(10-17-15)19(6-3)14(20)12-7-8-21-11-12/h7-11H,4-6H2,1-3H3. The quantitative estimate of drug-likeness (QED) is 0.817. The van der Waals surface area contributed by atoms with Crippen molar-refractivity contribution in [3.05, 3.63) is 36.5 Å². The summed E-state index contributed by atoms with van der Waals surface area (Å²) in [6.07, 6.45) is 6.29. The first-order chi connectivity index (χ1) is 10.2. The Kier molecular flexibility index (Phi) is 4.92. The molecule has 0 aliphatic rings. The Balaban J connectivity index is 2.21. The highest BCUT2D eigenvalue weighted by molar-refractivity contribution is 6.05. The molecular formula is C15H20N4O2. The van der Waals surface area contributed by atoms with Gasteiger partial charge >= 0.3 is 0 Å². The normalized spacial score (nSPS) is 10.4. The average molecular weight is 288 g/mol. The fraction of sp³-hybridized carbons (Fsp3) is 0.400. The Labute approximate surface area is 124 Å². The summed E-state index contributed by atoms with van der Waals surface area (Å²) in [4.78, 5) is 24.7. The first kappa shape index (κ1) is 15.0. The van der Waals surface area contributed by atoms with Gasteiger partial charge in [-0.3, -0.25) is 4.79 Å². The molecule has 2 aromatic heterocycles. The van der Waals surface area contributed by atoms with Crippen LogP contribution in [0.5, 0.6) is 0 Å². The largest absolute Gasteiger partial charge is 0.472 e. The minimum atomic E-state index is -0.120. The number of hydrogen-bond donors (Lipinski definition) is 0.